The molecule has 8 heteroatoms. The first-order valence-corrected chi connectivity index (χ1v) is 12.4. The maximum Gasteiger partial charge on any atom is 0.317 e. The summed E-state index contributed by atoms with van der Waals surface area (Å²) in [5.74, 6) is 0.954. The predicted molar refractivity (Wildman–Crippen MR) is 130 cm³/mol. The third kappa shape index (κ3) is 5.23. The minimum Gasteiger partial charge on any atom is -0.480 e. The van der Waals surface area contributed by atoms with Gasteiger partial charge < -0.3 is 20.1 Å². The van der Waals surface area contributed by atoms with Crippen molar-refractivity contribution in [2.75, 3.05) is 63.9 Å². The highest BCUT2D eigenvalue weighted by Crippen LogP contribution is 2.33. The molecule has 2 N–H and O–H groups in total. The van der Waals surface area contributed by atoms with Crippen LogP contribution in [0, 0.1) is 5.92 Å². The lowest BCUT2D eigenvalue weighted by atomic mass is 9.97. The molecule has 0 amide bonds. The normalized spacial score (nSPS) is 21.9. The van der Waals surface area contributed by atoms with E-state index in [4.69, 9.17) is 14.9 Å². The fourth-order valence-corrected chi connectivity index (χ4v) is 5.33. The lowest BCUT2D eigenvalue weighted by Crippen LogP contribution is -2.38. The summed E-state index contributed by atoms with van der Waals surface area (Å²) in [5, 5.41) is 18.9. The quantitative estimate of drug-likeness (QED) is 0.696. The van der Waals surface area contributed by atoms with E-state index >= 15 is 0 Å². The molecule has 178 valence electrons. The second-order valence-corrected chi connectivity index (χ2v) is 9.49. The van der Waals surface area contributed by atoms with E-state index in [9.17, 15) is 4.79 Å². The van der Waals surface area contributed by atoms with Crippen molar-refractivity contribution in [3.05, 3.63) is 29.8 Å². The van der Waals surface area contributed by atoms with E-state index in [1.165, 1.54) is 29.3 Å². The smallest absolute Gasteiger partial charge is 0.317 e. The van der Waals surface area contributed by atoms with Crippen molar-refractivity contribution >= 4 is 28.8 Å². The van der Waals surface area contributed by atoms with E-state index in [2.05, 4.69) is 45.2 Å². The van der Waals surface area contributed by atoms with Gasteiger partial charge in [0.1, 0.15) is 0 Å². The van der Waals surface area contributed by atoms with Gasteiger partial charge in [0, 0.05) is 31.6 Å². The molecule has 3 saturated heterocycles. The Balaban J connectivity index is 1.42. The fraction of sp³-hybridized carbons (Fsp3) is 0.600. The Morgan fingerprint density at radius 2 is 1.88 bits per heavy atom. The minimum absolute atomic E-state index is 0.123. The molecular formula is C25H35N5O3. The van der Waals surface area contributed by atoms with Crippen molar-refractivity contribution in [1.82, 2.24) is 20.0 Å². The van der Waals surface area contributed by atoms with Crippen molar-refractivity contribution in [2.45, 2.75) is 31.7 Å². The Morgan fingerprint density at radius 3 is 2.61 bits per heavy atom. The molecule has 0 unspecified atom stereocenters. The van der Waals surface area contributed by atoms with Crippen LogP contribution in [0.5, 0.6) is 0 Å². The van der Waals surface area contributed by atoms with Gasteiger partial charge in [0.05, 0.1) is 31.3 Å². The minimum atomic E-state index is -0.752. The van der Waals surface area contributed by atoms with Gasteiger partial charge in [-0.1, -0.05) is 18.2 Å². The number of nitrogens with zero attached hydrogens (tertiary/aromatic N) is 4. The SMILES string of the molecule is O=C(O)CN1CCC(n2nc(N3CCOCC3)c3cc(C=CC4CCNCC4)ccc32)CC1. The molecule has 33 heavy (non-hydrogen) atoms. The van der Waals surface area contributed by atoms with Gasteiger partial charge in [0.25, 0.3) is 0 Å². The molecule has 1 aromatic heterocycles. The fourth-order valence-electron chi connectivity index (χ4n) is 5.33. The standard InChI is InChI=1S/C25H35N5O3/c31-24(32)18-28-11-7-21(8-12-28)30-23-4-3-20(2-1-19-5-9-26-10-6-19)17-22(23)25(27-30)29-13-15-33-16-14-29/h1-4,17,19,21,26H,5-16,18H2,(H,31,32). The number of hydrogen-bond acceptors (Lipinski definition) is 6. The van der Waals surface area contributed by atoms with Crippen LogP contribution in [0.4, 0.5) is 5.82 Å². The summed E-state index contributed by atoms with van der Waals surface area (Å²) in [6.45, 7) is 7.11. The number of carbonyl (C=O) groups is 1. The third-order valence-corrected chi connectivity index (χ3v) is 7.23. The number of rotatable bonds is 6. The first kappa shape index (κ1) is 22.4. The largest absolute Gasteiger partial charge is 0.480 e. The van der Waals surface area contributed by atoms with Gasteiger partial charge in [-0.05, 0) is 62.4 Å². The Hall–Kier alpha value is -2.42. The van der Waals surface area contributed by atoms with Crippen molar-refractivity contribution in [3.63, 3.8) is 0 Å². The summed E-state index contributed by atoms with van der Waals surface area (Å²) in [4.78, 5) is 15.4. The van der Waals surface area contributed by atoms with E-state index < -0.39 is 5.97 Å². The number of likely N-dealkylation sites (tertiary alicyclic amines) is 1. The number of piperidine rings is 2. The molecule has 0 bridgehead atoms. The maximum atomic E-state index is 11.1. The average Bonchev–Trinajstić information content (AvgIpc) is 3.23. The second-order valence-electron chi connectivity index (χ2n) is 9.49. The first-order chi connectivity index (χ1) is 16.2. The molecule has 1 aromatic carbocycles. The highest BCUT2D eigenvalue weighted by molar-refractivity contribution is 5.92. The number of morpholine rings is 1. The van der Waals surface area contributed by atoms with Gasteiger partial charge in [0.15, 0.2) is 5.82 Å². The summed E-state index contributed by atoms with van der Waals surface area (Å²) < 4.78 is 7.79. The molecule has 8 nitrogen and oxygen atoms in total. The number of aliphatic carboxylic acids is 1. The number of anilines is 1. The Bertz CT molecular complexity index is 983. The van der Waals surface area contributed by atoms with Gasteiger partial charge in [-0.15, -0.1) is 0 Å². The molecule has 0 saturated carbocycles. The number of fused-ring (bicyclic) bond motifs is 1. The van der Waals surface area contributed by atoms with Crippen LogP contribution in [-0.4, -0.2) is 84.8 Å². The molecule has 5 rings (SSSR count). The van der Waals surface area contributed by atoms with E-state index in [1.54, 1.807) is 0 Å². The zero-order valence-corrected chi connectivity index (χ0v) is 19.3. The van der Waals surface area contributed by atoms with E-state index in [0.29, 0.717) is 12.0 Å². The molecule has 4 heterocycles. The van der Waals surface area contributed by atoms with E-state index in [-0.39, 0.29) is 6.54 Å². The zero-order chi connectivity index (χ0) is 22.6. The maximum absolute atomic E-state index is 11.1. The Labute approximate surface area is 195 Å². The van der Waals surface area contributed by atoms with Crippen LogP contribution in [0.15, 0.2) is 24.3 Å². The summed E-state index contributed by atoms with van der Waals surface area (Å²) in [6, 6.07) is 7.02. The van der Waals surface area contributed by atoms with Crippen LogP contribution in [0.1, 0.15) is 37.3 Å². The Kier molecular flexibility index (Phi) is 6.94. The Morgan fingerprint density at radius 1 is 1.12 bits per heavy atom. The number of carboxylic acid groups (broad SMARTS) is 1. The van der Waals surface area contributed by atoms with Crippen LogP contribution in [0.3, 0.4) is 0 Å². The van der Waals surface area contributed by atoms with Crippen LogP contribution in [-0.2, 0) is 9.53 Å². The van der Waals surface area contributed by atoms with Gasteiger partial charge in [-0.2, -0.15) is 5.10 Å². The molecular weight excluding hydrogens is 418 g/mol. The molecule has 3 aliphatic rings. The average molecular weight is 454 g/mol. The monoisotopic (exact) mass is 453 g/mol. The first-order valence-electron chi connectivity index (χ1n) is 12.4. The summed E-state index contributed by atoms with van der Waals surface area (Å²) in [7, 11) is 0. The van der Waals surface area contributed by atoms with Crippen LogP contribution in [0.2, 0.25) is 0 Å². The second kappa shape index (κ2) is 10.2. The number of ether oxygens (including phenoxy) is 1. The number of benzene rings is 1. The van der Waals surface area contributed by atoms with Crippen molar-refractivity contribution in [2.24, 2.45) is 5.92 Å². The molecule has 2 aromatic rings. The number of carboxylic acids is 1. The van der Waals surface area contributed by atoms with Crippen LogP contribution < -0.4 is 10.2 Å². The number of allylic oxidation sites excluding steroid dienone is 1. The molecule has 3 fully saturated rings. The molecule has 0 aliphatic carbocycles. The van der Waals surface area contributed by atoms with Gasteiger partial charge in [-0.25, -0.2) is 0 Å². The van der Waals surface area contributed by atoms with E-state index in [1.807, 2.05) is 4.90 Å². The molecule has 3 aliphatic heterocycles. The number of aromatic nitrogens is 2. The van der Waals surface area contributed by atoms with Crippen molar-refractivity contribution in [3.8, 4) is 0 Å². The van der Waals surface area contributed by atoms with E-state index in [0.717, 1.165) is 71.1 Å². The lowest BCUT2D eigenvalue weighted by Gasteiger charge is -2.31. The highest BCUT2D eigenvalue weighted by atomic mass is 16.5. The van der Waals surface area contributed by atoms with Gasteiger partial charge in [-0.3, -0.25) is 14.4 Å². The molecule has 0 atom stereocenters. The van der Waals surface area contributed by atoms with Crippen molar-refractivity contribution in [1.29, 1.82) is 0 Å². The van der Waals surface area contributed by atoms with Crippen molar-refractivity contribution < 1.29 is 14.6 Å². The number of hydrogen-bond donors (Lipinski definition) is 2. The summed E-state index contributed by atoms with van der Waals surface area (Å²) in [6.07, 6.45) is 8.90. The van der Waals surface area contributed by atoms with Gasteiger partial charge in [0.2, 0.25) is 0 Å². The summed E-state index contributed by atoms with van der Waals surface area (Å²) >= 11 is 0. The van der Waals surface area contributed by atoms with Crippen LogP contribution in [0.25, 0.3) is 17.0 Å². The highest BCUT2D eigenvalue weighted by Gasteiger charge is 2.26. The van der Waals surface area contributed by atoms with Gasteiger partial charge >= 0.3 is 5.97 Å². The predicted octanol–water partition coefficient (Wildman–Crippen LogP) is 2.61. The molecule has 0 radical (unpaired) electrons. The lowest BCUT2D eigenvalue weighted by molar-refractivity contribution is -0.138. The zero-order valence-electron chi connectivity index (χ0n) is 19.3. The third-order valence-electron chi connectivity index (χ3n) is 7.23. The summed E-state index contributed by atoms with van der Waals surface area (Å²) in [5.41, 5.74) is 2.40. The number of nitrogens with one attached hydrogen (secondary N) is 1. The van der Waals surface area contributed by atoms with Crippen LogP contribution >= 0.6 is 0 Å². The topological polar surface area (TPSA) is 82.9 Å². The molecule has 0 spiro atoms.